The van der Waals surface area contributed by atoms with E-state index in [9.17, 15) is 4.79 Å². The van der Waals surface area contributed by atoms with E-state index in [1.54, 1.807) is 35.1 Å². The Morgan fingerprint density at radius 1 is 1.24 bits per heavy atom. The summed E-state index contributed by atoms with van der Waals surface area (Å²) in [4.78, 5) is 14.4. The van der Waals surface area contributed by atoms with E-state index in [0.29, 0.717) is 18.2 Å². The number of hydrogen-bond donors (Lipinski definition) is 0. The predicted octanol–water partition coefficient (Wildman–Crippen LogP) is 4.29. The van der Waals surface area contributed by atoms with Gasteiger partial charge in [0.05, 0.1) is 22.9 Å². The van der Waals surface area contributed by atoms with Crippen LogP contribution < -0.4 is 4.74 Å². The number of benzene rings is 1. The first-order valence-corrected chi connectivity index (χ1v) is 10.4. The molecule has 0 fully saturated rings. The molecule has 3 aromatic rings. The van der Waals surface area contributed by atoms with E-state index < -0.39 is 0 Å². The van der Waals surface area contributed by atoms with Gasteiger partial charge in [0.2, 0.25) is 0 Å². The fourth-order valence-electron chi connectivity index (χ4n) is 2.95. The van der Waals surface area contributed by atoms with Crippen molar-refractivity contribution in [1.82, 2.24) is 24.5 Å². The lowest BCUT2D eigenvalue weighted by molar-refractivity contribution is 0.0773. The first kappa shape index (κ1) is 21.1. The third kappa shape index (κ3) is 5.06. The van der Waals surface area contributed by atoms with E-state index in [1.807, 2.05) is 23.7 Å². The van der Waals surface area contributed by atoms with Crippen LogP contribution >= 0.6 is 15.9 Å². The van der Waals surface area contributed by atoms with Gasteiger partial charge in [0.25, 0.3) is 5.91 Å². The number of nitrogens with zero attached hydrogens (tertiary/aromatic N) is 5. The van der Waals surface area contributed by atoms with Crippen LogP contribution in [-0.2, 0) is 19.8 Å². The van der Waals surface area contributed by atoms with Crippen LogP contribution in [0.1, 0.15) is 48.4 Å². The SMILES string of the molecule is CCn1ncc(Br)c1CN(C)C(=O)c1ccn(COc2ccc(C(C)C)cc2)n1. The topological polar surface area (TPSA) is 65.2 Å². The predicted molar refractivity (Wildman–Crippen MR) is 115 cm³/mol. The fourth-order valence-corrected chi connectivity index (χ4v) is 3.37. The van der Waals surface area contributed by atoms with Crippen molar-refractivity contribution >= 4 is 21.8 Å². The smallest absolute Gasteiger partial charge is 0.274 e. The van der Waals surface area contributed by atoms with Gasteiger partial charge in [0.1, 0.15) is 5.75 Å². The number of amides is 1. The van der Waals surface area contributed by atoms with Crippen molar-refractivity contribution < 1.29 is 9.53 Å². The molecule has 7 nitrogen and oxygen atoms in total. The highest BCUT2D eigenvalue weighted by molar-refractivity contribution is 9.10. The second-order valence-electron chi connectivity index (χ2n) is 7.15. The number of halogens is 1. The maximum absolute atomic E-state index is 12.7. The summed E-state index contributed by atoms with van der Waals surface area (Å²) >= 11 is 3.49. The summed E-state index contributed by atoms with van der Waals surface area (Å²) < 4.78 is 10.1. The molecule has 29 heavy (non-hydrogen) atoms. The van der Waals surface area contributed by atoms with Crippen molar-refractivity contribution in [2.75, 3.05) is 7.05 Å². The van der Waals surface area contributed by atoms with Crippen LogP contribution in [0.2, 0.25) is 0 Å². The van der Waals surface area contributed by atoms with Crippen molar-refractivity contribution in [1.29, 1.82) is 0 Å². The molecule has 0 saturated heterocycles. The van der Waals surface area contributed by atoms with Crippen molar-refractivity contribution in [3.05, 3.63) is 64.1 Å². The normalized spacial score (nSPS) is 11.1. The molecule has 0 aliphatic carbocycles. The van der Waals surface area contributed by atoms with Gasteiger partial charge in [-0.15, -0.1) is 0 Å². The molecule has 3 rings (SSSR count). The zero-order valence-corrected chi connectivity index (χ0v) is 18.8. The van der Waals surface area contributed by atoms with Gasteiger partial charge < -0.3 is 9.64 Å². The Balaban J connectivity index is 1.59. The summed E-state index contributed by atoms with van der Waals surface area (Å²) in [5, 5.41) is 8.64. The lowest BCUT2D eigenvalue weighted by Gasteiger charge is -2.17. The Kier molecular flexibility index (Phi) is 6.74. The number of ether oxygens (including phenoxy) is 1. The third-order valence-electron chi connectivity index (χ3n) is 4.70. The van der Waals surface area contributed by atoms with Gasteiger partial charge in [-0.25, -0.2) is 4.68 Å². The van der Waals surface area contributed by atoms with Gasteiger partial charge in [0.15, 0.2) is 12.4 Å². The minimum absolute atomic E-state index is 0.152. The molecule has 0 aliphatic heterocycles. The Morgan fingerprint density at radius 2 is 1.97 bits per heavy atom. The molecule has 0 spiro atoms. The lowest BCUT2D eigenvalue weighted by atomic mass is 10.0. The van der Waals surface area contributed by atoms with Crippen LogP contribution in [-0.4, -0.2) is 37.4 Å². The summed E-state index contributed by atoms with van der Waals surface area (Å²) in [6, 6.07) is 9.73. The second kappa shape index (κ2) is 9.26. The van der Waals surface area contributed by atoms with Crippen LogP contribution in [0.15, 0.2) is 47.2 Å². The summed E-state index contributed by atoms with van der Waals surface area (Å²) in [7, 11) is 1.76. The van der Waals surface area contributed by atoms with Gasteiger partial charge >= 0.3 is 0 Å². The number of aromatic nitrogens is 4. The van der Waals surface area contributed by atoms with Gasteiger partial charge in [0, 0.05) is 19.8 Å². The average molecular weight is 460 g/mol. The average Bonchev–Trinajstić information content (AvgIpc) is 3.33. The van der Waals surface area contributed by atoms with E-state index in [0.717, 1.165) is 22.5 Å². The summed E-state index contributed by atoms with van der Waals surface area (Å²) in [5.74, 6) is 1.10. The molecule has 0 aliphatic rings. The van der Waals surface area contributed by atoms with Crippen LogP contribution in [0.25, 0.3) is 0 Å². The minimum atomic E-state index is -0.152. The summed E-state index contributed by atoms with van der Waals surface area (Å²) in [5.41, 5.74) is 2.60. The van der Waals surface area contributed by atoms with E-state index >= 15 is 0 Å². The number of aryl methyl sites for hydroxylation is 1. The van der Waals surface area contributed by atoms with Crippen LogP contribution in [0.5, 0.6) is 5.75 Å². The van der Waals surface area contributed by atoms with Crippen LogP contribution in [0.3, 0.4) is 0 Å². The number of carbonyl (C=O) groups is 1. The molecule has 0 unspecified atom stereocenters. The number of carbonyl (C=O) groups excluding carboxylic acids is 1. The van der Waals surface area contributed by atoms with Gasteiger partial charge in [-0.3, -0.25) is 9.48 Å². The molecule has 0 bridgehead atoms. The van der Waals surface area contributed by atoms with Crippen molar-refractivity contribution in [2.45, 2.75) is 46.5 Å². The molecule has 0 atom stereocenters. The highest BCUT2D eigenvalue weighted by atomic mass is 79.9. The monoisotopic (exact) mass is 459 g/mol. The third-order valence-corrected chi connectivity index (χ3v) is 5.36. The molecule has 8 heteroatoms. The zero-order chi connectivity index (χ0) is 21.0. The molecular formula is C21H26BrN5O2. The Hall–Kier alpha value is -2.61. The highest BCUT2D eigenvalue weighted by Crippen LogP contribution is 2.20. The molecule has 2 heterocycles. The van der Waals surface area contributed by atoms with Crippen molar-refractivity contribution in [3.63, 3.8) is 0 Å². The second-order valence-corrected chi connectivity index (χ2v) is 8.01. The number of hydrogen-bond acceptors (Lipinski definition) is 4. The lowest BCUT2D eigenvalue weighted by Crippen LogP contribution is -2.28. The van der Waals surface area contributed by atoms with Gasteiger partial charge in [-0.05, 0) is 52.5 Å². The van der Waals surface area contributed by atoms with E-state index in [2.05, 4.69) is 52.1 Å². The summed E-state index contributed by atoms with van der Waals surface area (Å²) in [6.07, 6.45) is 3.49. The molecule has 0 radical (unpaired) electrons. The Bertz CT molecular complexity index is 962. The largest absolute Gasteiger partial charge is 0.471 e. The number of rotatable bonds is 8. The van der Waals surface area contributed by atoms with Crippen LogP contribution in [0, 0.1) is 0 Å². The van der Waals surface area contributed by atoms with E-state index in [-0.39, 0.29) is 12.6 Å². The molecule has 1 amide bonds. The Morgan fingerprint density at radius 3 is 2.62 bits per heavy atom. The highest BCUT2D eigenvalue weighted by Gasteiger charge is 2.18. The van der Waals surface area contributed by atoms with Crippen molar-refractivity contribution in [3.8, 4) is 5.75 Å². The minimum Gasteiger partial charge on any atom is -0.471 e. The molecular weight excluding hydrogens is 434 g/mol. The van der Waals surface area contributed by atoms with Crippen LogP contribution in [0.4, 0.5) is 0 Å². The van der Waals surface area contributed by atoms with Gasteiger partial charge in [-0.1, -0.05) is 26.0 Å². The molecule has 154 valence electrons. The van der Waals surface area contributed by atoms with Gasteiger partial charge in [-0.2, -0.15) is 10.2 Å². The maximum Gasteiger partial charge on any atom is 0.274 e. The summed E-state index contributed by atoms with van der Waals surface area (Å²) in [6.45, 7) is 7.76. The molecule has 2 aromatic heterocycles. The zero-order valence-electron chi connectivity index (χ0n) is 17.2. The standard InChI is InChI=1S/C21H26BrN5O2/c1-5-27-20(18(22)12-23-27)13-25(4)21(28)19-10-11-26(24-19)14-29-17-8-6-16(7-9-17)15(2)3/h6-12,15H,5,13-14H2,1-4H3. The molecule has 0 N–H and O–H groups in total. The maximum atomic E-state index is 12.7. The van der Waals surface area contributed by atoms with E-state index in [4.69, 9.17) is 4.74 Å². The molecule has 0 saturated carbocycles. The quantitative estimate of drug-likeness (QED) is 0.503. The first-order valence-electron chi connectivity index (χ1n) is 9.61. The van der Waals surface area contributed by atoms with E-state index in [1.165, 1.54) is 5.56 Å². The fraction of sp³-hybridized carbons (Fsp3) is 0.381. The van der Waals surface area contributed by atoms with Crippen molar-refractivity contribution in [2.24, 2.45) is 0 Å². The first-order chi connectivity index (χ1) is 13.9. The molecule has 1 aromatic carbocycles. The Labute approximate surface area is 179 Å².